The van der Waals surface area contributed by atoms with Gasteiger partial charge in [-0.1, -0.05) is 152 Å². The molecule has 0 radical (unpaired) electrons. The number of hydrogen-bond acceptors (Lipinski definition) is 2. The number of rotatable bonds is 4. The van der Waals surface area contributed by atoms with Gasteiger partial charge in [0.2, 0.25) is 0 Å². The van der Waals surface area contributed by atoms with Crippen LogP contribution in [-0.2, 0) is 5.41 Å². The lowest BCUT2D eigenvalue weighted by atomic mass is 9.65. The average molecular weight is 690 g/mol. The maximum atomic E-state index is 5.38. The molecule has 11 rings (SSSR count). The van der Waals surface area contributed by atoms with Gasteiger partial charge in [-0.3, -0.25) is 0 Å². The monoisotopic (exact) mass is 689 g/mol. The molecule has 1 aliphatic heterocycles. The Morgan fingerprint density at radius 2 is 1.20 bits per heavy atom. The minimum absolute atomic E-state index is 0.506. The maximum absolute atomic E-state index is 5.38. The third-order valence-corrected chi connectivity index (χ3v) is 11.8. The molecule has 3 heterocycles. The van der Waals surface area contributed by atoms with Gasteiger partial charge in [-0.2, -0.15) is 0 Å². The van der Waals surface area contributed by atoms with Gasteiger partial charge in [-0.25, -0.2) is 9.97 Å². The normalized spacial score (nSPS) is 15.9. The summed E-state index contributed by atoms with van der Waals surface area (Å²) in [5.74, 6) is 0.724. The number of nitrogens with zero attached hydrogens (tertiary/aromatic N) is 3. The molecule has 0 fully saturated rings. The van der Waals surface area contributed by atoms with E-state index in [4.69, 9.17) is 9.97 Å². The van der Waals surface area contributed by atoms with Crippen LogP contribution in [0.15, 0.2) is 182 Å². The van der Waals surface area contributed by atoms with Crippen LogP contribution in [0.4, 0.5) is 0 Å². The first-order valence-corrected chi connectivity index (χ1v) is 18.7. The van der Waals surface area contributed by atoms with Crippen molar-refractivity contribution in [1.82, 2.24) is 14.5 Å². The van der Waals surface area contributed by atoms with Gasteiger partial charge >= 0.3 is 0 Å². The van der Waals surface area contributed by atoms with Crippen LogP contribution in [0, 0.1) is 0 Å². The summed E-state index contributed by atoms with van der Waals surface area (Å²) < 4.78 is 2.49. The standard InChI is InChI=1S/C51H35N3/c1-3-14-37-32(2)51(42-20-9-12-24-47(42)54-46-23-11-8-17-39(46)40-19-13-21-43(51)49(40)54)44-31-36(29-30-38(37)44)50-52-45-22-10-7-18-41(45)48(53-50)35-27-25-34(26-28-35)33-15-5-4-6-16-33/h3-31H,1-2H3/b14-3-. The van der Waals surface area contributed by atoms with E-state index in [9.17, 15) is 0 Å². The highest BCUT2D eigenvalue weighted by Crippen LogP contribution is 2.60. The summed E-state index contributed by atoms with van der Waals surface area (Å²) in [6.07, 6.45) is 4.46. The van der Waals surface area contributed by atoms with E-state index < -0.39 is 5.41 Å². The van der Waals surface area contributed by atoms with Gasteiger partial charge < -0.3 is 4.57 Å². The number of hydrogen-bond donors (Lipinski definition) is 0. The molecule has 1 aliphatic carbocycles. The number of benzene rings is 7. The maximum Gasteiger partial charge on any atom is 0.160 e. The Bertz CT molecular complexity index is 3050. The van der Waals surface area contributed by atoms with Gasteiger partial charge in [0.25, 0.3) is 0 Å². The van der Waals surface area contributed by atoms with Crippen LogP contribution >= 0.6 is 0 Å². The Morgan fingerprint density at radius 1 is 0.537 bits per heavy atom. The number of allylic oxidation sites excluding steroid dienone is 4. The summed E-state index contributed by atoms with van der Waals surface area (Å²) in [7, 11) is 0. The fraction of sp³-hybridized carbons (Fsp3) is 0.0588. The molecule has 0 amide bonds. The van der Waals surface area contributed by atoms with Gasteiger partial charge in [0.05, 0.1) is 33.3 Å². The van der Waals surface area contributed by atoms with Crippen molar-refractivity contribution >= 4 is 38.3 Å². The largest absolute Gasteiger partial charge is 0.309 e. The van der Waals surface area contributed by atoms with E-state index in [-0.39, 0.29) is 0 Å². The molecule has 7 aromatic carbocycles. The van der Waals surface area contributed by atoms with Crippen LogP contribution in [-0.4, -0.2) is 14.5 Å². The molecule has 0 bridgehead atoms. The predicted octanol–water partition coefficient (Wildman–Crippen LogP) is 12.7. The fourth-order valence-corrected chi connectivity index (χ4v) is 9.49. The quantitative estimate of drug-likeness (QED) is 0.184. The van der Waals surface area contributed by atoms with Gasteiger partial charge in [0, 0.05) is 27.3 Å². The lowest BCUT2D eigenvalue weighted by molar-refractivity contribution is 0.726. The molecule has 1 spiro atoms. The second kappa shape index (κ2) is 11.6. The summed E-state index contributed by atoms with van der Waals surface area (Å²) in [6, 6.07) is 59.3. The third kappa shape index (κ3) is 4.12. The summed E-state index contributed by atoms with van der Waals surface area (Å²) in [5.41, 5.74) is 17.3. The first-order valence-electron chi connectivity index (χ1n) is 18.7. The van der Waals surface area contributed by atoms with E-state index in [0.717, 1.165) is 33.5 Å². The Morgan fingerprint density at radius 3 is 2.06 bits per heavy atom. The first kappa shape index (κ1) is 30.8. The average Bonchev–Trinajstić information content (AvgIpc) is 3.70. The molecular formula is C51H35N3. The first-order chi connectivity index (χ1) is 26.7. The zero-order chi connectivity index (χ0) is 36.0. The van der Waals surface area contributed by atoms with E-state index in [1.165, 1.54) is 72.0 Å². The number of para-hydroxylation sites is 4. The van der Waals surface area contributed by atoms with Crippen molar-refractivity contribution in [2.24, 2.45) is 0 Å². The molecule has 0 saturated carbocycles. The van der Waals surface area contributed by atoms with Crippen molar-refractivity contribution in [3.63, 3.8) is 0 Å². The minimum Gasteiger partial charge on any atom is -0.309 e. The zero-order valence-electron chi connectivity index (χ0n) is 30.1. The van der Waals surface area contributed by atoms with E-state index in [1.54, 1.807) is 0 Å². The molecular weight excluding hydrogens is 655 g/mol. The predicted molar refractivity (Wildman–Crippen MR) is 224 cm³/mol. The van der Waals surface area contributed by atoms with Crippen molar-refractivity contribution < 1.29 is 0 Å². The summed E-state index contributed by atoms with van der Waals surface area (Å²) in [6.45, 7) is 4.45. The van der Waals surface area contributed by atoms with Crippen LogP contribution in [0.2, 0.25) is 0 Å². The highest BCUT2D eigenvalue weighted by Gasteiger charge is 2.50. The van der Waals surface area contributed by atoms with Crippen molar-refractivity contribution in [3.05, 3.63) is 204 Å². The van der Waals surface area contributed by atoms with Crippen LogP contribution in [0.25, 0.3) is 77.7 Å². The van der Waals surface area contributed by atoms with Gasteiger partial charge in [0.1, 0.15) is 0 Å². The number of aromatic nitrogens is 3. The summed E-state index contributed by atoms with van der Waals surface area (Å²) in [4.78, 5) is 10.6. The van der Waals surface area contributed by atoms with Gasteiger partial charge in [-0.15, -0.1) is 0 Å². The highest BCUT2D eigenvalue weighted by molar-refractivity contribution is 6.13. The van der Waals surface area contributed by atoms with E-state index >= 15 is 0 Å². The highest BCUT2D eigenvalue weighted by atomic mass is 15.0. The lowest BCUT2D eigenvalue weighted by Crippen LogP contribution is -2.33. The molecule has 0 saturated heterocycles. The van der Waals surface area contributed by atoms with Crippen molar-refractivity contribution in [2.75, 3.05) is 0 Å². The molecule has 54 heavy (non-hydrogen) atoms. The Balaban J connectivity index is 1.17. The van der Waals surface area contributed by atoms with E-state index in [2.05, 4.69) is 194 Å². The van der Waals surface area contributed by atoms with Crippen molar-refractivity contribution in [1.29, 1.82) is 0 Å². The third-order valence-electron chi connectivity index (χ3n) is 11.8. The minimum atomic E-state index is -0.506. The fourth-order valence-electron chi connectivity index (χ4n) is 9.49. The Hall–Kier alpha value is -6.84. The van der Waals surface area contributed by atoms with Crippen LogP contribution < -0.4 is 0 Å². The summed E-state index contributed by atoms with van der Waals surface area (Å²) in [5, 5.41) is 3.60. The molecule has 254 valence electrons. The van der Waals surface area contributed by atoms with Crippen LogP contribution in [0.5, 0.6) is 0 Å². The molecule has 2 aromatic heterocycles. The van der Waals surface area contributed by atoms with Crippen LogP contribution in [0.1, 0.15) is 36.1 Å². The second-order valence-electron chi connectivity index (χ2n) is 14.5. The summed E-state index contributed by atoms with van der Waals surface area (Å²) >= 11 is 0. The molecule has 0 N–H and O–H groups in total. The Kier molecular flexibility index (Phi) is 6.60. The van der Waals surface area contributed by atoms with Gasteiger partial charge in [0.15, 0.2) is 5.82 Å². The molecule has 3 nitrogen and oxygen atoms in total. The molecule has 1 unspecified atom stereocenters. The molecule has 9 aromatic rings. The molecule has 2 aliphatic rings. The number of fused-ring (bicyclic) bond motifs is 10. The van der Waals surface area contributed by atoms with E-state index in [0.29, 0.717) is 0 Å². The topological polar surface area (TPSA) is 30.7 Å². The molecule has 1 atom stereocenters. The lowest BCUT2D eigenvalue weighted by Gasteiger charge is -2.40. The second-order valence-corrected chi connectivity index (χ2v) is 14.5. The van der Waals surface area contributed by atoms with Crippen molar-refractivity contribution in [2.45, 2.75) is 19.3 Å². The zero-order valence-corrected chi connectivity index (χ0v) is 30.1. The van der Waals surface area contributed by atoms with E-state index in [1.807, 2.05) is 0 Å². The van der Waals surface area contributed by atoms with Crippen LogP contribution in [0.3, 0.4) is 0 Å². The SMILES string of the molecule is C/C=C\C1=C(C)C2(c3cc(-c4nc(-c5ccc(-c6ccccc6)cc5)c5ccccc5n4)ccc31)c1ccccc1-n1c3ccccc3c3cccc2c31. The van der Waals surface area contributed by atoms with Crippen molar-refractivity contribution in [3.8, 4) is 39.5 Å². The molecule has 3 heteroatoms. The smallest absolute Gasteiger partial charge is 0.160 e. The Labute approximate surface area is 314 Å². The van der Waals surface area contributed by atoms with Gasteiger partial charge in [-0.05, 0) is 82.6 Å².